The summed E-state index contributed by atoms with van der Waals surface area (Å²) in [6.07, 6.45) is 0. The summed E-state index contributed by atoms with van der Waals surface area (Å²) in [5.74, 6) is 0.747. The van der Waals surface area contributed by atoms with E-state index >= 15 is 0 Å². The van der Waals surface area contributed by atoms with Gasteiger partial charge < -0.3 is 9.64 Å². The summed E-state index contributed by atoms with van der Waals surface area (Å²) in [4.78, 5) is 13.8. The van der Waals surface area contributed by atoms with Crippen molar-refractivity contribution in [2.75, 3.05) is 13.7 Å². The molecule has 0 aliphatic rings. The fourth-order valence-electron chi connectivity index (χ4n) is 2.06. The first-order valence-corrected chi connectivity index (χ1v) is 7.04. The molecule has 110 valence electrons. The number of rotatable bonds is 5. The Balaban J connectivity index is 1.91. The highest BCUT2D eigenvalue weighted by molar-refractivity contribution is 5.77. The van der Waals surface area contributed by atoms with Gasteiger partial charge in [0.05, 0.1) is 0 Å². The Hall–Kier alpha value is -2.29. The van der Waals surface area contributed by atoms with E-state index in [1.165, 1.54) is 0 Å². The highest BCUT2D eigenvalue weighted by Crippen LogP contribution is 2.19. The van der Waals surface area contributed by atoms with Crippen molar-refractivity contribution >= 4 is 5.91 Å². The quantitative estimate of drug-likeness (QED) is 0.842. The lowest BCUT2D eigenvalue weighted by Crippen LogP contribution is -2.31. The topological polar surface area (TPSA) is 29.5 Å². The fraction of sp³-hybridized carbons (Fsp3) is 0.278. The molecule has 0 aromatic heterocycles. The minimum atomic E-state index is -0.0280. The molecule has 1 amide bonds. The number of carbonyl (C=O) groups excluding carboxylic acids is 1. The number of benzene rings is 2. The first-order chi connectivity index (χ1) is 10.1. The monoisotopic (exact) mass is 283 g/mol. The van der Waals surface area contributed by atoms with Gasteiger partial charge in [0.1, 0.15) is 5.75 Å². The van der Waals surface area contributed by atoms with Gasteiger partial charge in [-0.3, -0.25) is 4.79 Å². The number of carbonyl (C=O) groups is 1. The van der Waals surface area contributed by atoms with Crippen LogP contribution in [0.4, 0.5) is 0 Å². The average Bonchev–Trinajstić information content (AvgIpc) is 2.49. The van der Waals surface area contributed by atoms with Crippen LogP contribution in [0.3, 0.4) is 0 Å². The molecule has 0 saturated carbocycles. The zero-order valence-electron chi connectivity index (χ0n) is 12.8. The minimum absolute atomic E-state index is 0.0280. The molecule has 0 radical (unpaired) electrons. The van der Waals surface area contributed by atoms with E-state index in [2.05, 4.69) is 0 Å². The lowest BCUT2D eigenvalue weighted by molar-refractivity contribution is -0.132. The predicted octanol–water partition coefficient (Wildman–Crippen LogP) is 3.34. The van der Waals surface area contributed by atoms with Gasteiger partial charge in [-0.2, -0.15) is 0 Å². The van der Waals surface area contributed by atoms with Crippen molar-refractivity contribution in [3.63, 3.8) is 0 Å². The van der Waals surface area contributed by atoms with E-state index in [1.54, 1.807) is 11.9 Å². The van der Waals surface area contributed by atoms with Gasteiger partial charge in [-0.1, -0.05) is 42.5 Å². The van der Waals surface area contributed by atoms with E-state index in [9.17, 15) is 4.79 Å². The number of ether oxygens (including phenoxy) is 1. The van der Waals surface area contributed by atoms with Crippen LogP contribution in [0, 0.1) is 13.8 Å². The van der Waals surface area contributed by atoms with Gasteiger partial charge in [-0.05, 0) is 36.6 Å². The molecule has 0 unspecified atom stereocenters. The normalized spacial score (nSPS) is 10.2. The average molecular weight is 283 g/mol. The van der Waals surface area contributed by atoms with Crippen LogP contribution in [-0.2, 0) is 11.3 Å². The number of nitrogens with zero attached hydrogens (tertiary/aromatic N) is 1. The van der Waals surface area contributed by atoms with E-state index in [0.717, 1.165) is 22.4 Å². The van der Waals surface area contributed by atoms with Crippen LogP contribution < -0.4 is 4.74 Å². The third-order valence-electron chi connectivity index (χ3n) is 3.38. The van der Waals surface area contributed by atoms with Crippen molar-refractivity contribution in [2.24, 2.45) is 0 Å². The Morgan fingerprint density at radius 2 is 1.81 bits per heavy atom. The van der Waals surface area contributed by atoms with Crippen LogP contribution in [-0.4, -0.2) is 24.5 Å². The minimum Gasteiger partial charge on any atom is -0.483 e. The first-order valence-electron chi connectivity index (χ1n) is 7.04. The zero-order chi connectivity index (χ0) is 15.2. The number of hydrogen-bond acceptors (Lipinski definition) is 2. The van der Waals surface area contributed by atoms with E-state index < -0.39 is 0 Å². The third kappa shape index (κ3) is 4.35. The van der Waals surface area contributed by atoms with Crippen molar-refractivity contribution in [3.05, 3.63) is 65.2 Å². The Labute approximate surface area is 126 Å². The van der Waals surface area contributed by atoms with Crippen molar-refractivity contribution in [1.29, 1.82) is 0 Å². The lowest BCUT2D eigenvalue weighted by Gasteiger charge is -2.18. The van der Waals surface area contributed by atoms with Gasteiger partial charge in [-0.25, -0.2) is 0 Å². The Morgan fingerprint density at radius 1 is 1.10 bits per heavy atom. The fourth-order valence-corrected chi connectivity index (χ4v) is 2.06. The summed E-state index contributed by atoms with van der Waals surface area (Å²) in [5.41, 5.74) is 3.28. The van der Waals surface area contributed by atoms with Gasteiger partial charge in [0.15, 0.2) is 6.61 Å². The maximum absolute atomic E-state index is 12.1. The zero-order valence-corrected chi connectivity index (χ0v) is 12.8. The summed E-state index contributed by atoms with van der Waals surface area (Å²) in [7, 11) is 1.79. The molecule has 0 saturated heterocycles. The largest absolute Gasteiger partial charge is 0.483 e. The molecule has 0 heterocycles. The number of amides is 1. The summed E-state index contributed by atoms with van der Waals surface area (Å²) in [6.45, 7) is 4.64. The summed E-state index contributed by atoms with van der Waals surface area (Å²) in [5, 5.41) is 0. The maximum atomic E-state index is 12.1. The molecule has 0 aliphatic carbocycles. The highest BCUT2D eigenvalue weighted by atomic mass is 16.5. The SMILES string of the molecule is Cc1ccc(C)c(OCC(=O)N(C)Cc2ccccc2)c1. The van der Waals surface area contributed by atoms with Crippen LogP contribution in [0.5, 0.6) is 5.75 Å². The van der Waals surface area contributed by atoms with Gasteiger partial charge in [0, 0.05) is 13.6 Å². The second-order valence-corrected chi connectivity index (χ2v) is 5.29. The van der Waals surface area contributed by atoms with Gasteiger partial charge in [0.2, 0.25) is 0 Å². The van der Waals surface area contributed by atoms with Crippen LogP contribution in [0.1, 0.15) is 16.7 Å². The molecule has 0 atom stereocenters. The van der Waals surface area contributed by atoms with Gasteiger partial charge in [0.25, 0.3) is 5.91 Å². The van der Waals surface area contributed by atoms with Crippen molar-refractivity contribution < 1.29 is 9.53 Å². The van der Waals surface area contributed by atoms with Crippen LogP contribution in [0.25, 0.3) is 0 Å². The van der Waals surface area contributed by atoms with Crippen LogP contribution in [0.15, 0.2) is 48.5 Å². The molecule has 0 bridgehead atoms. The third-order valence-corrected chi connectivity index (χ3v) is 3.38. The molecule has 3 nitrogen and oxygen atoms in total. The van der Waals surface area contributed by atoms with E-state index in [-0.39, 0.29) is 12.5 Å². The molecular formula is C18H21NO2. The molecule has 0 aliphatic heterocycles. The maximum Gasteiger partial charge on any atom is 0.260 e. The van der Waals surface area contributed by atoms with Crippen molar-refractivity contribution in [1.82, 2.24) is 4.90 Å². The van der Waals surface area contributed by atoms with Crippen molar-refractivity contribution in [3.8, 4) is 5.75 Å². The smallest absolute Gasteiger partial charge is 0.260 e. The molecule has 2 aromatic rings. The van der Waals surface area contributed by atoms with E-state index in [4.69, 9.17) is 4.74 Å². The number of aryl methyl sites for hydroxylation is 2. The summed E-state index contributed by atoms with van der Waals surface area (Å²) < 4.78 is 5.65. The van der Waals surface area contributed by atoms with Gasteiger partial charge >= 0.3 is 0 Å². The number of hydrogen-bond donors (Lipinski definition) is 0. The molecule has 0 fully saturated rings. The molecular weight excluding hydrogens is 262 g/mol. The highest BCUT2D eigenvalue weighted by Gasteiger charge is 2.11. The first kappa shape index (κ1) is 15.1. The second-order valence-electron chi connectivity index (χ2n) is 5.29. The Kier molecular flexibility index (Phi) is 4.99. The molecule has 2 aromatic carbocycles. The Morgan fingerprint density at radius 3 is 2.52 bits per heavy atom. The second kappa shape index (κ2) is 6.93. The lowest BCUT2D eigenvalue weighted by atomic mass is 10.1. The molecule has 3 heteroatoms. The standard InChI is InChI=1S/C18H21NO2/c1-14-9-10-15(2)17(11-14)21-13-18(20)19(3)12-16-7-5-4-6-8-16/h4-11H,12-13H2,1-3H3. The van der Waals surface area contributed by atoms with E-state index in [0.29, 0.717) is 6.54 Å². The van der Waals surface area contributed by atoms with Gasteiger partial charge in [-0.15, -0.1) is 0 Å². The van der Waals surface area contributed by atoms with Crippen molar-refractivity contribution in [2.45, 2.75) is 20.4 Å². The number of likely N-dealkylation sites (N-methyl/N-ethyl adjacent to an activating group) is 1. The molecule has 0 spiro atoms. The van der Waals surface area contributed by atoms with Crippen LogP contribution >= 0.6 is 0 Å². The molecule has 21 heavy (non-hydrogen) atoms. The van der Waals surface area contributed by atoms with Crippen LogP contribution in [0.2, 0.25) is 0 Å². The molecule has 0 N–H and O–H groups in total. The molecule has 2 rings (SSSR count). The summed E-state index contributed by atoms with van der Waals surface area (Å²) in [6, 6.07) is 15.9. The summed E-state index contributed by atoms with van der Waals surface area (Å²) >= 11 is 0. The predicted molar refractivity (Wildman–Crippen MR) is 84.3 cm³/mol. The Bertz CT molecular complexity index is 608. The van der Waals surface area contributed by atoms with E-state index in [1.807, 2.05) is 62.4 Å².